The minimum absolute atomic E-state index is 0.261. The van der Waals surface area contributed by atoms with E-state index in [9.17, 15) is 19.7 Å². The van der Waals surface area contributed by atoms with Crippen molar-refractivity contribution in [2.45, 2.75) is 52.7 Å². The Balaban J connectivity index is 5.01. The molecule has 130 valence electrons. The van der Waals surface area contributed by atoms with E-state index in [1.54, 1.807) is 27.7 Å². The SMILES string of the molecule is CCC(=C=C(NOCC(=O)OC(C)(C)C)C(N)=O)C(C)[N+](=O)[O-]. The van der Waals surface area contributed by atoms with Crippen molar-refractivity contribution in [3.8, 4) is 0 Å². The van der Waals surface area contributed by atoms with Crippen LogP contribution in [0.4, 0.5) is 0 Å². The molecule has 0 aliphatic carbocycles. The zero-order valence-corrected chi connectivity index (χ0v) is 14.0. The van der Waals surface area contributed by atoms with E-state index in [-0.39, 0.29) is 11.3 Å². The molecule has 0 bridgehead atoms. The predicted molar refractivity (Wildman–Crippen MR) is 81.4 cm³/mol. The molecule has 0 aromatic carbocycles. The van der Waals surface area contributed by atoms with Crippen molar-refractivity contribution in [2.75, 3.05) is 6.61 Å². The molecule has 1 unspecified atom stereocenters. The number of nitrogens with zero attached hydrogens (tertiary/aromatic N) is 1. The molecule has 0 fully saturated rings. The fraction of sp³-hybridized carbons (Fsp3) is 0.643. The van der Waals surface area contributed by atoms with Crippen LogP contribution in [0.5, 0.6) is 0 Å². The number of esters is 1. The van der Waals surface area contributed by atoms with Gasteiger partial charge in [0.2, 0.25) is 6.04 Å². The van der Waals surface area contributed by atoms with E-state index in [0.717, 1.165) is 0 Å². The normalized spacial score (nSPS) is 11.9. The van der Waals surface area contributed by atoms with Crippen LogP contribution >= 0.6 is 0 Å². The maximum atomic E-state index is 11.5. The quantitative estimate of drug-likeness (QED) is 0.221. The maximum absolute atomic E-state index is 11.5. The maximum Gasteiger partial charge on any atom is 0.335 e. The molecule has 0 aliphatic rings. The van der Waals surface area contributed by atoms with Gasteiger partial charge in [-0.25, -0.2) is 4.79 Å². The average Bonchev–Trinajstić information content (AvgIpc) is 2.39. The monoisotopic (exact) mass is 329 g/mol. The van der Waals surface area contributed by atoms with E-state index in [4.69, 9.17) is 15.3 Å². The summed E-state index contributed by atoms with van der Waals surface area (Å²) in [6.07, 6.45) is 0.298. The van der Waals surface area contributed by atoms with Crippen LogP contribution in [0.15, 0.2) is 17.0 Å². The van der Waals surface area contributed by atoms with Crippen molar-refractivity contribution < 1.29 is 24.1 Å². The molecule has 0 radical (unpaired) electrons. The molecule has 0 heterocycles. The number of primary amides is 1. The standard InChI is InChI=1S/C14H23N3O6/c1-6-10(9(2)17(20)21)7-11(13(15)19)16-22-8-12(18)23-14(3,4)5/h9,16H,6,8H2,1-5H3,(H2,15,19). The van der Waals surface area contributed by atoms with Gasteiger partial charge in [0.25, 0.3) is 5.91 Å². The molecule has 3 N–H and O–H groups in total. The van der Waals surface area contributed by atoms with Gasteiger partial charge in [-0.2, -0.15) is 0 Å². The zero-order chi connectivity index (χ0) is 18.2. The predicted octanol–water partition coefficient (Wildman–Crippen LogP) is 0.819. The Morgan fingerprint density at radius 2 is 1.96 bits per heavy atom. The second-order valence-electron chi connectivity index (χ2n) is 5.68. The molecule has 9 heteroatoms. The number of carbonyl (C=O) groups is 2. The Bertz CT molecular complexity index is 529. The summed E-state index contributed by atoms with van der Waals surface area (Å²) in [6, 6.07) is -1.03. The number of nitrogens with one attached hydrogen (secondary N) is 1. The topological polar surface area (TPSA) is 134 Å². The first-order valence-electron chi connectivity index (χ1n) is 7.00. The second kappa shape index (κ2) is 8.92. The number of nitrogens with two attached hydrogens (primary N) is 1. The third kappa shape index (κ3) is 8.60. The first-order valence-corrected chi connectivity index (χ1v) is 7.00. The van der Waals surface area contributed by atoms with Gasteiger partial charge in [0, 0.05) is 17.4 Å². The first-order chi connectivity index (χ1) is 10.5. The fourth-order valence-corrected chi connectivity index (χ4v) is 1.45. The Morgan fingerprint density at radius 3 is 2.35 bits per heavy atom. The second-order valence-corrected chi connectivity index (χ2v) is 5.68. The van der Waals surface area contributed by atoms with Crippen molar-refractivity contribution in [2.24, 2.45) is 5.73 Å². The third-order valence-electron chi connectivity index (χ3n) is 2.52. The van der Waals surface area contributed by atoms with Gasteiger partial charge in [0.1, 0.15) is 5.60 Å². The highest BCUT2D eigenvalue weighted by molar-refractivity contribution is 5.90. The van der Waals surface area contributed by atoms with Gasteiger partial charge in [-0.15, -0.1) is 0 Å². The Kier molecular flexibility index (Phi) is 7.99. The van der Waals surface area contributed by atoms with Crippen LogP contribution in [0.1, 0.15) is 41.0 Å². The van der Waals surface area contributed by atoms with Crippen LogP contribution in [-0.2, 0) is 19.2 Å². The molecule has 1 amide bonds. The average molecular weight is 329 g/mol. The first kappa shape index (κ1) is 20.6. The van der Waals surface area contributed by atoms with Crippen molar-refractivity contribution in [3.05, 3.63) is 27.1 Å². The van der Waals surface area contributed by atoms with E-state index >= 15 is 0 Å². The summed E-state index contributed by atoms with van der Waals surface area (Å²) >= 11 is 0. The van der Waals surface area contributed by atoms with Crippen molar-refractivity contribution in [3.63, 3.8) is 0 Å². The van der Waals surface area contributed by atoms with Crippen molar-refractivity contribution in [1.29, 1.82) is 0 Å². The molecule has 1 atom stereocenters. The number of hydrogen-bond donors (Lipinski definition) is 2. The Morgan fingerprint density at radius 1 is 1.39 bits per heavy atom. The summed E-state index contributed by atoms with van der Waals surface area (Å²) in [5, 5.41) is 10.8. The molecule has 0 spiro atoms. The molecule has 0 rings (SSSR count). The van der Waals surface area contributed by atoms with Crippen molar-refractivity contribution in [1.82, 2.24) is 5.48 Å². The van der Waals surface area contributed by atoms with Gasteiger partial charge in [0.15, 0.2) is 12.3 Å². The Hall–Kier alpha value is -2.38. The fourth-order valence-electron chi connectivity index (χ4n) is 1.45. The number of carbonyl (C=O) groups excluding carboxylic acids is 2. The number of hydrogen-bond acceptors (Lipinski definition) is 7. The molecule has 0 saturated heterocycles. The highest BCUT2D eigenvalue weighted by Crippen LogP contribution is 2.09. The molecule has 0 aliphatic heterocycles. The third-order valence-corrected chi connectivity index (χ3v) is 2.52. The smallest absolute Gasteiger partial charge is 0.335 e. The van der Waals surface area contributed by atoms with Crippen LogP contribution in [0.3, 0.4) is 0 Å². The van der Waals surface area contributed by atoms with E-state index in [2.05, 4.69) is 11.2 Å². The summed E-state index contributed by atoms with van der Waals surface area (Å²) < 4.78 is 5.01. The molecule has 0 aromatic rings. The zero-order valence-electron chi connectivity index (χ0n) is 14.0. The number of amides is 1. The van der Waals surface area contributed by atoms with E-state index in [0.29, 0.717) is 6.42 Å². The summed E-state index contributed by atoms with van der Waals surface area (Å²) in [4.78, 5) is 37.9. The lowest BCUT2D eigenvalue weighted by Crippen LogP contribution is -2.31. The molecule has 9 nitrogen and oxygen atoms in total. The van der Waals surface area contributed by atoms with Gasteiger partial charge in [0.05, 0.1) is 0 Å². The summed E-state index contributed by atoms with van der Waals surface area (Å²) in [5.74, 6) is -1.57. The van der Waals surface area contributed by atoms with Gasteiger partial charge >= 0.3 is 5.97 Å². The number of rotatable bonds is 8. The van der Waals surface area contributed by atoms with Gasteiger partial charge in [-0.3, -0.25) is 25.2 Å². The van der Waals surface area contributed by atoms with E-state index in [1.165, 1.54) is 6.92 Å². The van der Waals surface area contributed by atoms with Crippen LogP contribution < -0.4 is 11.2 Å². The molecular weight excluding hydrogens is 306 g/mol. The van der Waals surface area contributed by atoms with Crippen LogP contribution in [0.25, 0.3) is 0 Å². The van der Waals surface area contributed by atoms with Crippen LogP contribution in [0, 0.1) is 10.1 Å². The Labute approximate surface area is 134 Å². The summed E-state index contributed by atoms with van der Waals surface area (Å²) in [7, 11) is 0. The molecular formula is C14H23N3O6. The lowest BCUT2D eigenvalue weighted by molar-refractivity contribution is -0.507. The van der Waals surface area contributed by atoms with Crippen molar-refractivity contribution >= 4 is 11.9 Å². The van der Waals surface area contributed by atoms with Gasteiger partial charge in [-0.05, 0) is 27.2 Å². The van der Waals surface area contributed by atoms with Gasteiger partial charge in [-0.1, -0.05) is 12.7 Å². The molecule has 0 aromatic heterocycles. The largest absolute Gasteiger partial charge is 0.458 e. The van der Waals surface area contributed by atoms with Crippen LogP contribution in [0.2, 0.25) is 0 Å². The lowest BCUT2D eigenvalue weighted by Gasteiger charge is -2.19. The molecule has 23 heavy (non-hydrogen) atoms. The highest BCUT2D eigenvalue weighted by atomic mass is 16.7. The summed E-state index contributed by atoms with van der Waals surface area (Å²) in [6.45, 7) is 7.67. The number of hydroxylamine groups is 1. The lowest BCUT2D eigenvalue weighted by atomic mass is 10.1. The number of nitro groups is 1. The van der Waals surface area contributed by atoms with E-state index < -0.39 is 35.0 Å². The minimum atomic E-state index is -1.03. The highest BCUT2D eigenvalue weighted by Gasteiger charge is 2.19. The summed E-state index contributed by atoms with van der Waals surface area (Å²) in [5.41, 5.74) is 9.16. The van der Waals surface area contributed by atoms with E-state index in [1.807, 2.05) is 0 Å². The van der Waals surface area contributed by atoms with Gasteiger partial charge < -0.3 is 10.5 Å². The molecule has 0 saturated carbocycles. The van der Waals surface area contributed by atoms with Crippen LogP contribution in [-0.4, -0.2) is 35.0 Å². The minimum Gasteiger partial charge on any atom is -0.458 e. The number of ether oxygens (including phenoxy) is 1.